The van der Waals surface area contributed by atoms with Crippen LogP contribution in [0.1, 0.15) is 0 Å². The molecule has 6 aromatic rings. The third-order valence-corrected chi connectivity index (χ3v) is 5.20. The van der Waals surface area contributed by atoms with E-state index in [2.05, 4.69) is 46.7 Å². The molecule has 0 aliphatic carbocycles. The van der Waals surface area contributed by atoms with Crippen LogP contribution in [0.4, 0.5) is 0 Å². The van der Waals surface area contributed by atoms with E-state index in [9.17, 15) is 0 Å². The SMILES string of the molecule is Cn1ccnc1-c1ccccn1.Cn1ccnc1-c1ccccn1.Cn1cnc(-c2ccccc2)c1.[Cl-].[Cl-].[Cl][Os]. The van der Waals surface area contributed by atoms with Crippen molar-refractivity contribution < 1.29 is 42.4 Å². The van der Waals surface area contributed by atoms with Gasteiger partial charge < -0.3 is 38.5 Å². The van der Waals surface area contributed by atoms with Gasteiger partial charge in [0, 0.05) is 70.1 Å². The van der Waals surface area contributed by atoms with Gasteiger partial charge in [0.05, 0.1) is 12.0 Å². The van der Waals surface area contributed by atoms with E-state index in [1.807, 2.05) is 114 Å². The van der Waals surface area contributed by atoms with E-state index in [1.54, 1.807) is 24.8 Å². The van der Waals surface area contributed by atoms with Gasteiger partial charge in [-0.1, -0.05) is 42.5 Å². The van der Waals surface area contributed by atoms with Crippen molar-refractivity contribution in [3.05, 3.63) is 116 Å². The van der Waals surface area contributed by atoms with Gasteiger partial charge >= 0.3 is 27.2 Å². The molecule has 8 nitrogen and oxygen atoms in total. The van der Waals surface area contributed by atoms with Crippen LogP contribution in [0.2, 0.25) is 0 Å². The minimum atomic E-state index is 0. The Kier molecular flexibility index (Phi) is 16.4. The third-order valence-electron chi connectivity index (χ3n) is 5.20. The Labute approximate surface area is 261 Å². The summed E-state index contributed by atoms with van der Waals surface area (Å²) in [6, 6.07) is 21.8. The Hall–Kier alpha value is -3.34. The molecule has 5 heterocycles. The summed E-state index contributed by atoms with van der Waals surface area (Å²) in [5, 5.41) is 0. The van der Waals surface area contributed by atoms with Gasteiger partial charge in [-0.2, -0.15) is 0 Å². The number of benzene rings is 1. The molecule has 0 saturated carbocycles. The van der Waals surface area contributed by atoms with E-state index in [1.165, 1.54) is 17.6 Å². The normalized spacial score (nSPS) is 9.22. The van der Waals surface area contributed by atoms with E-state index in [0.29, 0.717) is 0 Å². The molecule has 0 spiro atoms. The summed E-state index contributed by atoms with van der Waals surface area (Å²) in [4.78, 5) is 21.0. The molecule has 12 heteroatoms. The van der Waals surface area contributed by atoms with Gasteiger partial charge in [-0.25, -0.2) is 15.0 Å². The van der Waals surface area contributed by atoms with Crippen LogP contribution in [0.25, 0.3) is 34.3 Å². The second-order valence-electron chi connectivity index (χ2n) is 7.94. The quantitative estimate of drug-likeness (QED) is 0.248. The van der Waals surface area contributed by atoms with Crippen LogP contribution in [0.15, 0.2) is 116 Å². The number of nitrogens with zero attached hydrogens (tertiary/aromatic N) is 8. The third kappa shape index (κ3) is 10.3. The van der Waals surface area contributed by atoms with Crippen LogP contribution < -0.4 is 24.8 Å². The molecule has 0 aliphatic heterocycles. The van der Waals surface area contributed by atoms with Crippen LogP contribution in [0.3, 0.4) is 0 Å². The molecule has 0 N–H and O–H groups in total. The molecule has 5 aromatic heterocycles. The first-order valence-corrected chi connectivity index (χ1v) is 14.7. The molecule has 0 amide bonds. The van der Waals surface area contributed by atoms with Crippen molar-refractivity contribution in [2.75, 3.05) is 0 Å². The van der Waals surface area contributed by atoms with Crippen LogP contribution in [-0.4, -0.2) is 38.6 Å². The fourth-order valence-corrected chi connectivity index (χ4v) is 3.39. The summed E-state index contributed by atoms with van der Waals surface area (Å²) >= 11 is 1.33. The average Bonchev–Trinajstić information content (AvgIpc) is 3.73. The first-order chi connectivity index (χ1) is 18.6. The van der Waals surface area contributed by atoms with Gasteiger partial charge in [0.15, 0.2) is 11.6 Å². The minimum absolute atomic E-state index is 0. The maximum atomic E-state index is 4.67. The van der Waals surface area contributed by atoms with Crippen LogP contribution in [0.5, 0.6) is 0 Å². The number of aryl methyl sites for hydroxylation is 3. The number of rotatable bonds is 3. The van der Waals surface area contributed by atoms with Gasteiger partial charge in [0.2, 0.25) is 0 Å². The Morgan fingerprint density at radius 2 is 1.02 bits per heavy atom. The molecule has 0 saturated heterocycles. The second-order valence-corrected chi connectivity index (χ2v) is 7.94. The van der Waals surface area contributed by atoms with E-state index < -0.39 is 0 Å². The number of imidazole rings is 3. The Morgan fingerprint density at radius 1 is 0.550 bits per heavy atom. The number of pyridine rings is 2. The molecule has 0 fully saturated rings. The van der Waals surface area contributed by atoms with Gasteiger partial charge in [-0.3, -0.25) is 9.97 Å². The molecule has 0 bridgehead atoms. The van der Waals surface area contributed by atoms with Gasteiger partial charge in [-0.05, 0) is 24.3 Å². The topological polar surface area (TPSA) is 79.2 Å². The summed E-state index contributed by atoms with van der Waals surface area (Å²) in [5.41, 5.74) is 4.01. The Bertz CT molecular complexity index is 1400. The number of hydrogen-bond donors (Lipinski definition) is 0. The fraction of sp³-hybridized carbons (Fsp3) is 0.107. The van der Waals surface area contributed by atoms with Gasteiger partial charge in [0.1, 0.15) is 11.4 Å². The second kappa shape index (κ2) is 18.9. The van der Waals surface area contributed by atoms with Crippen molar-refractivity contribution in [2.24, 2.45) is 21.1 Å². The molecule has 1 aromatic carbocycles. The van der Waals surface area contributed by atoms with Crippen molar-refractivity contribution in [3.63, 3.8) is 0 Å². The van der Waals surface area contributed by atoms with E-state index in [-0.39, 0.29) is 24.8 Å². The van der Waals surface area contributed by atoms with Crippen molar-refractivity contribution >= 4 is 9.64 Å². The Morgan fingerprint density at radius 3 is 1.38 bits per heavy atom. The molecule has 0 aliphatic rings. The van der Waals surface area contributed by atoms with Crippen molar-refractivity contribution in [2.45, 2.75) is 0 Å². The first kappa shape index (κ1) is 34.7. The van der Waals surface area contributed by atoms with E-state index in [0.717, 1.165) is 34.3 Å². The zero-order valence-electron chi connectivity index (χ0n) is 22.0. The number of aromatic nitrogens is 8. The van der Waals surface area contributed by atoms with Crippen molar-refractivity contribution in [1.29, 1.82) is 0 Å². The zero-order chi connectivity index (χ0) is 27.2. The standard InChI is InChI=1S/C10H10N2.2C9H9N3.3ClH.Os/c1-12-7-10(11-8-12)9-5-3-2-4-6-9;2*1-12-7-6-11-9(12)8-4-2-3-5-10-8;;;;/h2-8H,1H3;2*2-7H,1H3;3*1H;/q;;;;;;+1/p-3. The predicted octanol–water partition coefficient (Wildman–Crippen LogP) is -0.254. The fourth-order valence-electron chi connectivity index (χ4n) is 3.39. The number of halogens is 3. The monoisotopic (exact) mass is 773 g/mol. The van der Waals surface area contributed by atoms with Crippen LogP contribution >= 0.6 is 9.64 Å². The molecule has 211 valence electrons. The number of hydrogen-bond acceptors (Lipinski definition) is 5. The molecule has 0 unspecified atom stereocenters. The molecule has 6 rings (SSSR count). The molecule has 0 radical (unpaired) electrons. The van der Waals surface area contributed by atoms with Crippen LogP contribution in [-0.2, 0) is 38.7 Å². The summed E-state index contributed by atoms with van der Waals surface area (Å²) in [6.45, 7) is 0. The van der Waals surface area contributed by atoms with E-state index in [4.69, 9.17) is 0 Å². The van der Waals surface area contributed by atoms with E-state index >= 15 is 0 Å². The van der Waals surface area contributed by atoms with Crippen LogP contribution in [0, 0.1) is 0 Å². The van der Waals surface area contributed by atoms with Crippen molar-refractivity contribution in [1.82, 2.24) is 38.6 Å². The predicted molar refractivity (Wildman–Crippen MR) is 147 cm³/mol. The maximum absolute atomic E-state index is 4.67. The summed E-state index contributed by atoms with van der Waals surface area (Å²) in [6.07, 6.45) is 14.7. The van der Waals surface area contributed by atoms with Gasteiger partial charge in [-0.15, -0.1) is 0 Å². The van der Waals surface area contributed by atoms with Crippen molar-refractivity contribution in [3.8, 4) is 34.3 Å². The molecular weight excluding hydrogens is 745 g/mol. The average molecular weight is 773 g/mol. The molecular formula is C28H28Cl3N8Os-2. The summed E-state index contributed by atoms with van der Waals surface area (Å²) < 4.78 is 5.84. The summed E-state index contributed by atoms with van der Waals surface area (Å²) in [5.74, 6) is 1.80. The Balaban J connectivity index is 0.000000284. The van der Waals surface area contributed by atoms with Gasteiger partial charge in [0.25, 0.3) is 0 Å². The molecule has 0 atom stereocenters. The first-order valence-electron chi connectivity index (χ1n) is 11.6. The summed E-state index contributed by atoms with van der Waals surface area (Å²) in [7, 11) is 10.5. The zero-order valence-corrected chi connectivity index (χ0v) is 26.8. The molecule has 40 heavy (non-hydrogen) atoms.